The molecule has 4 aromatic rings. The van der Waals surface area contributed by atoms with Gasteiger partial charge in [0.05, 0.1) is 21.8 Å². The molecule has 158 valence electrons. The summed E-state index contributed by atoms with van der Waals surface area (Å²) in [5.41, 5.74) is 5.20. The molecule has 2 aromatic heterocycles. The van der Waals surface area contributed by atoms with Gasteiger partial charge in [0.1, 0.15) is 0 Å². The van der Waals surface area contributed by atoms with Crippen LogP contribution in [0.2, 0.25) is 0 Å². The van der Waals surface area contributed by atoms with Crippen molar-refractivity contribution in [2.45, 2.75) is 33.1 Å². The zero-order chi connectivity index (χ0) is 21.0. The van der Waals surface area contributed by atoms with Gasteiger partial charge in [0.25, 0.3) is 5.69 Å². The molecule has 6 nitrogen and oxygen atoms in total. The van der Waals surface area contributed by atoms with Crippen molar-refractivity contribution in [2.24, 2.45) is 5.41 Å². The number of ketones is 1. The molecule has 0 amide bonds. The highest BCUT2D eigenvalue weighted by molar-refractivity contribution is 6.19. The number of para-hydroxylation sites is 1. The lowest BCUT2D eigenvalue weighted by molar-refractivity contribution is -0.384. The number of aromatic amines is 1. The van der Waals surface area contributed by atoms with Crippen LogP contribution in [0.15, 0.2) is 48.5 Å². The number of nitrogens with one attached hydrogen (secondary N) is 1. The fraction of sp³-hybridized carbons (Fsp3) is 0.250. The number of nitro benzene ring substituents is 1. The second kappa shape index (κ2) is 7.46. The molecule has 2 heterocycles. The van der Waals surface area contributed by atoms with E-state index in [4.69, 9.17) is 4.98 Å². The van der Waals surface area contributed by atoms with Crippen molar-refractivity contribution in [3.63, 3.8) is 0 Å². The second-order valence-corrected chi connectivity index (χ2v) is 8.84. The minimum Gasteiger partial charge on any atom is -0.353 e. The topological polar surface area (TPSA) is 88.9 Å². The summed E-state index contributed by atoms with van der Waals surface area (Å²) in [5, 5.41) is 12.9. The summed E-state index contributed by atoms with van der Waals surface area (Å²) in [6.45, 7) is 4.20. The first-order valence-electron chi connectivity index (χ1n) is 10.0. The highest BCUT2D eigenvalue weighted by Crippen LogP contribution is 2.40. The number of carbonyl (C=O) groups is 1. The summed E-state index contributed by atoms with van der Waals surface area (Å²) >= 11 is 0. The number of pyridine rings is 1. The van der Waals surface area contributed by atoms with Crippen molar-refractivity contribution in [3.8, 4) is 0 Å². The molecule has 7 heteroatoms. The van der Waals surface area contributed by atoms with E-state index in [0.29, 0.717) is 12.8 Å². The van der Waals surface area contributed by atoms with Gasteiger partial charge < -0.3 is 4.98 Å². The molecule has 5 rings (SSSR count). The Balaban J connectivity index is 0.00000231. The predicted octanol–water partition coefficient (Wildman–Crippen LogP) is 5.79. The van der Waals surface area contributed by atoms with E-state index < -0.39 is 4.92 Å². The third kappa shape index (κ3) is 3.57. The lowest BCUT2D eigenvalue weighted by Crippen LogP contribution is -2.28. The van der Waals surface area contributed by atoms with Crippen molar-refractivity contribution in [1.82, 2.24) is 9.97 Å². The average molecular weight is 436 g/mol. The number of Topliss-reactive ketones (excluding diaryl/α,β-unsaturated/α-hetero) is 1. The molecule has 1 N–H and O–H groups in total. The van der Waals surface area contributed by atoms with Crippen LogP contribution in [-0.2, 0) is 12.8 Å². The van der Waals surface area contributed by atoms with E-state index in [2.05, 4.69) is 18.8 Å². The van der Waals surface area contributed by atoms with Gasteiger partial charge in [0.2, 0.25) is 0 Å². The Bertz CT molecular complexity index is 1340. The normalized spacial score (nSPS) is 15.0. The maximum atomic E-state index is 13.1. The minimum absolute atomic E-state index is 0. The van der Waals surface area contributed by atoms with Crippen molar-refractivity contribution in [3.05, 3.63) is 81.2 Å². The van der Waals surface area contributed by atoms with E-state index in [9.17, 15) is 14.9 Å². The van der Waals surface area contributed by atoms with E-state index in [1.165, 1.54) is 12.1 Å². The first-order valence-corrected chi connectivity index (χ1v) is 10.0. The Hall–Kier alpha value is -3.25. The predicted molar refractivity (Wildman–Crippen MR) is 123 cm³/mol. The van der Waals surface area contributed by atoms with Gasteiger partial charge in [-0.05, 0) is 23.5 Å². The Morgan fingerprint density at radius 3 is 2.52 bits per heavy atom. The number of benzene rings is 2. The molecule has 1 aliphatic rings. The molecule has 0 bridgehead atoms. The number of non-ortho nitro benzene ring substituents is 1. The summed E-state index contributed by atoms with van der Waals surface area (Å²) < 4.78 is 0. The second-order valence-electron chi connectivity index (χ2n) is 8.84. The first-order chi connectivity index (χ1) is 14.3. The van der Waals surface area contributed by atoms with Gasteiger partial charge in [-0.2, -0.15) is 0 Å². The molecule has 0 unspecified atom stereocenters. The number of carbonyl (C=O) groups excluding carboxylic acids is 1. The lowest BCUT2D eigenvalue weighted by Gasteiger charge is -2.30. The van der Waals surface area contributed by atoms with Crippen LogP contribution in [0, 0.1) is 15.5 Å². The summed E-state index contributed by atoms with van der Waals surface area (Å²) in [7, 11) is 0. The molecule has 0 saturated carbocycles. The maximum absolute atomic E-state index is 13.1. The Morgan fingerprint density at radius 1 is 1.10 bits per heavy atom. The number of hydrogen-bond donors (Lipinski definition) is 1. The van der Waals surface area contributed by atoms with Crippen molar-refractivity contribution < 1.29 is 9.72 Å². The van der Waals surface area contributed by atoms with Crippen LogP contribution in [-0.4, -0.2) is 20.7 Å². The highest BCUT2D eigenvalue weighted by atomic mass is 35.5. The molecule has 0 aliphatic heterocycles. The molecule has 0 radical (unpaired) electrons. The van der Waals surface area contributed by atoms with Gasteiger partial charge in [-0.3, -0.25) is 19.9 Å². The molecule has 1 aliphatic carbocycles. The molecule has 2 aromatic carbocycles. The summed E-state index contributed by atoms with van der Waals surface area (Å²) in [6.07, 6.45) is 1.79. The molecule has 0 spiro atoms. The number of nitrogens with zero attached hydrogens (tertiary/aromatic N) is 2. The number of nitro groups is 1. The Labute approximate surface area is 185 Å². The third-order valence-electron chi connectivity index (χ3n) is 5.89. The zero-order valence-corrected chi connectivity index (χ0v) is 18.1. The number of halogens is 1. The molecular formula is C24H22ClN3O3. The van der Waals surface area contributed by atoms with E-state index in [1.807, 2.05) is 24.3 Å². The highest BCUT2D eigenvalue weighted by Gasteiger charge is 2.34. The van der Waals surface area contributed by atoms with Gasteiger partial charge in [0, 0.05) is 46.8 Å². The van der Waals surface area contributed by atoms with Crippen LogP contribution < -0.4 is 0 Å². The van der Waals surface area contributed by atoms with Gasteiger partial charge >= 0.3 is 0 Å². The molecule has 0 saturated heterocycles. The number of H-pyrrole nitrogens is 1. The SMILES string of the molecule is CC1(C)CC(=O)c2c(nc(Cc3ccc([N+](=O)[O-])cc3)c3[nH]c4ccccc4c23)C1.Cl. The standard InChI is InChI=1S/C24H21N3O3.ClH/c1-24(2)12-19-22(20(28)13-24)21-16-5-3-4-6-17(16)26-23(21)18(25-19)11-14-7-9-15(10-8-14)27(29)30;/h3-10,26H,11-13H2,1-2H3;1H. The zero-order valence-electron chi connectivity index (χ0n) is 17.3. The average Bonchev–Trinajstić information content (AvgIpc) is 3.07. The van der Waals surface area contributed by atoms with Crippen LogP contribution in [0.5, 0.6) is 0 Å². The summed E-state index contributed by atoms with van der Waals surface area (Å²) in [4.78, 5) is 32.1. The van der Waals surface area contributed by atoms with Gasteiger partial charge in [-0.25, -0.2) is 0 Å². The number of hydrogen-bond acceptors (Lipinski definition) is 4. The lowest BCUT2D eigenvalue weighted by atomic mass is 9.74. The monoisotopic (exact) mass is 435 g/mol. The summed E-state index contributed by atoms with van der Waals surface area (Å²) in [5.74, 6) is 0.144. The van der Waals surface area contributed by atoms with Gasteiger partial charge in [0.15, 0.2) is 5.78 Å². The van der Waals surface area contributed by atoms with Crippen molar-refractivity contribution in [2.75, 3.05) is 0 Å². The molecule has 0 atom stereocenters. The quantitative estimate of drug-likeness (QED) is 0.325. The van der Waals surface area contributed by atoms with E-state index in [1.54, 1.807) is 12.1 Å². The van der Waals surface area contributed by atoms with E-state index >= 15 is 0 Å². The van der Waals surface area contributed by atoms with Crippen LogP contribution in [0.25, 0.3) is 21.8 Å². The van der Waals surface area contributed by atoms with Gasteiger partial charge in [-0.15, -0.1) is 12.4 Å². The fourth-order valence-corrected chi connectivity index (χ4v) is 4.56. The fourth-order valence-electron chi connectivity index (χ4n) is 4.56. The van der Waals surface area contributed by atoms with Gasteiger partial charge in [-0.1, -0.05) is 44.2 Å². The molecule has 31 heavy (non-hydrogen) atoms. The van der Waals surface area contributed by atoms with Crippen LogP contribution in [0.4, 0.5) is 5.69 Å². The molecular weight excluding hydrogens is 414 g/mol. The smallest absolute Gasteiger partial charge is 0.269 e. The van der Waals surface area contributed by atoms with Crippen molar-refractivity contribution in [1.29, 1.82) is 0 Å². The third-order valence-corrected chi connectivity index (χ3v) is 5.89. The first kappa shape index (κ1) is 21.0. The van der Waals surface area contributed by atoms with Crippen molar-refractivity contribution >= 4 is 45.7 Å². The van der Waals surface area contributed by atoms with E-state index in [0.717, 1.165) is 50.7 Å². The summed E-state index contributed by atoms with van der Waals surface area (Å²) in [6, 6.07) is 14.6. The maximum Gasteiger partial charge on any atom is 0.269 e. The minimum atomic E-state index is -0.398. The van der Waals surface area contributed by atoms with E-state index in [-0.39, 0.29) is 29.3 Å². The van der Waals surface area contributed by atoms with Crippen LogP contribution >= 0.6 is 12.4 Å². The largest absolute Gasteiger partial charge is 0.353 e. The van der Waals surface area contributed by atoms with Crippen LogP contribution in [0.3, 0.4) is 0 Å². The Kier molecular flexibility index (Phi) is 5.06. The Morgan fingerprint density at radius 2 is 1.81 bits per heavy atom. The number of aromatic nitrogens is 2. The molecule has 0 fully saturated rings. The van der Waals surface area contributed by atoms with Crippen LogP contribution in [0.1, 0.15) is 47.6 Å². The number of rotatable bonds is 3. The number of fused-ring (bicyclic) bond motifs is 5.